The average molecular weight is 289 g/mol. The number of aliphatic hydroxyl groups is 1. The molecule has 19 heavy (non-hydrogen) atoms. The monoisotopic (exact) mass is 289 g/mol. The number of rotatable bonds is 4. The van der Waals surface area contributed by atoms with Crippen LogP contribution in [0.3, 0.4) is 0 Å². The summed E-state index contributed by atoms with van der Waals surface area (Å²) in [5.41, 5.74) is 0. The van der Waals surface area contributed by atoms with Crippen molar-refractivity contribution in [2.24, 2.45) is 0 Å². The highest BCUT2D eigenvalue weighted by atomic mass is 32.2. The van der Waals surface area contributed by atoms with Gasteiger partial charge in [-0.05, 0) is 25.0 Å². The van der Waals surface area contributed by atoms with Crippen LogP contribution in [0.5, 0.6) is 0 Å². The fourth-order valence-corrected chi connectivity index (χ4v) is 3.32. The molecule has 0 unspecified atom stereocenters. The lowest BCUT2D eigenvalue weighted by Crippen LogP contribution is -2.44. The highest BCUT2D eigenvalue weighted by Crippen LogP contribution is 2.21. The molecule has 0 radical (unpaired) electrons. The lowest BCUT2D eigenvalue weighted by Gasteiger charge is -2.27. The van der Waals surface area contributed by atoms with Gasteiger partial charge in [0.05, 0.1) is 6.10 Å². The van der Waals surface area contributed by atoms with E-state index in [4.69, 9.17) is 9.52 Å². The zero-order valence-electron chi connectivity index (χ0n) is 10.1. The Bertz CT molecular complexity index is 563. The van der Waals surface area contributed by atoms with Gasteiger partial charge in [-0.25, -0.2) is 17.9 Å². The molecule has 106 valence electrons. The quantitative estimate of drug-likeness (QED) is 0.745. The van der Waals surface area contributed by atoms with Crippen LogP contribution in [-0.4, -0.2) is 36.7 Å². The molecule has 2 rings (SSSR count). The first-order chi connectivity index (χ1) is 8.90. The van der Waals surface area contributed by atoms with Crippen molar-refractivity contribution in [3.05, 3.63) is 17.9 Å². The van der Waals surface area contributed by atoms with Gasteiger partial charge in [-0.2, -0.15) is 0 Å². The maximum atomic E-state index is 12.0. The number of sulfonamides is 1. The Balaban J connectivity index is 2.15. The second-order valence-electron chi connectivity index (χ2n) is 4.50. The van der Waals surface area contributed by atoms with E-state index < -0.39 is 39.0 Å². The molecule has 0 amide bonds. The lowest BCUT2D eigenvalue weighted by atomic mass is 9.93. The SMILES string of the molecule is O=C(O)c1ccc(S(=O)(=O)N[C@@H]2CCCC[C@H]2O)o1. The van der Waals surface area contributed by atoms with Crippen LogP contribution in [0.15, 0.2) is 21.6 Å². The molecular formula is C11H15NO6S. The van der Waals surface area contributed by atoms with Crippen molar-refractivity contribution in [2.75, 3.05) is 0 Å². The van der Waals surface area contributed by atoms with Gasteiger partial charge in [0.25, 0.3) is 10.0 Å². The van der Waals surface area contributed by atoms with Gasteiger partial charge in [-0.3, -0.25) is 0 Å². The molecule has 0 saturated heterocycles. The summed E-state index contributed by atoms with van der Waals surface area (Å²) in [4.78, 5) is 10.6. The van der Waals surface area contributed by atoms with Crippen molar-refractivity contribution in [3.8, 4) is 0 Å². The van der Waals surface area contributed by atoms with Crippen LogP contribution >= 0.6 is 0 Å². The summed E-state index contributed by atoms with van der Waals surface area (Å²) in [5, 5.41) is 17.9. The third-order valence-corrected chi connectivity index (χ3v) is 4.46. The molecule has 0 aliphatic heterocycles. The number of aliphatic hydroxyl groups excluding tert-OH is 1. The van der Waals surface area contributed by atoms with E-state index in [9.17, 15) is 18.3 Å². The van der Waals surface area contributed by atoms with Gasteiger partial charge in [0.1, 0.15) is 0 Å². The van der Waals surface area contributed by atoms with Crippen LogP contribution in [0.4, 0.5) is 0 Å². The first-order valence-electron chi connectivity index (χ1n) is 5.93. The van der Waals surface area contributed by atoms with E-state index in [1.807, 2.05) is 0 Å². The number of furan rings is 1. The predicted octanol–water partition coefficient (Wildman–Crippen LogP) is 0.560. The lowest BCUT2D eigenvalue weighted by molar-refractivity contribution is 0.0656. The van der Waals surface area contributed by atoms with E-state index in [1.165, 1.54) is 0 Å². The maximum Gasteiger partial charge on any atom is 0.371 e. The molecule has 1 saturated carbocycles. The van der Waals surface area contributed by atoms with Gasteiger partial charge in [0.2, 0.25) is 10.9 Å². The van der Waals surface area contributed by atoms with E-state index in [-0.39, 0.29) is 0 Å². The number of carboxylic acids is 1. The molecule has 1 aromatic rings. The minimum atomic E-state index is -3.95. The standard InChI is InChI=1S/C11H15NO6S/c13-8-4-2-1-3-7(8)12-19(16,17)10-6-5-9(18-10)11(14)15/h5-8,12-13H,1-4H2,(H,14,15)/t7-,8-/m1/s1. The zero-order valence-corrected chi connectivity index (χ0v) is 10.9. The van der Waals surface area contributed by atoms with Crippen LogP contribution in [0.2, 0.25) is 0 Å². The second-order valence-corrected chi connectivity index (χ2v) is 6.15. The third-order valence-electron chi connectivity index (χ3n) is 3.09. The molecule has 8 heteroatoms. The van der Waals surface area contributed by atoms with Gasteiger partial charge in [0.15, 0.2) is 0 Å². The molecule has 7 nitrogen and oxygen atoms in total. The van der Waals surface area contributed by atoms with Crippen LogP contribution in [0, 0.1) is 0 Å². The van der Waals surface area contributed by atoms with Crippen molar-refractivity contribution < 1.29 is 27.8 Å². The van der Waals surface area contributed by atoms with Gasteiger partial charge < -0.3 is 14.6 Å². The summed E-state index contributed by atoms with van der Waals surface area (Å²) < 4.78 is 31.1. The molecule has 0 spiro atoms. The number of carbonyl (C=O) groups is 1. The first kappa shape index (κ1) is 14.0. The fraction of sp³-hybridized carbons (Fsp3) is 0.545. The Morgan fingerprint density at radius 1 is 1.32 bits per heavy atom. The summed E-state index contributed by atoms with van der Waals surface area (Å²) in [7, 11) is -3.95. The largest absolute Gasteiger partial charge is 0.475 e. The van der Waals surface area contributed by atoms with Crippen molar-refractivity contribution in [1.29, 1.82) is 0 Å². The third kappa shape index (κ3) is 3.14. The van der Waals surface area contributed by atoms with Crippen molar-refractivity contribution >= 4 is 16.0 Å². The maximum absolute atomic E-state index is 12.0. The molecule has 1 heterocycles. The van der Waals surface area contributed by atoms with E-state index in [0.717, 1.165) is 25.0 Å². The molecule has 1 aliphatic rings. The Morgan fingerprint density at radius 3 is 2.58 bits per heavy atom. The van der Waals surface area contributed by atoms with Crippen LogP contribution in [-0.2, 0) is 10.0 Å². The minimum absolute atomic E-state index is 0.440. The van der Waals surface area contributed by atoms with Crippen LogP contribution in [0.25, 0.3) is 0 Å². The number of hydrogen-bond acceptors (Lipinski definition) is 5. The Morgan fingerprint density at radius 2 is 2.00 bits per heavy atom. The molecule has 3 N–H and O–H groups in total. The second kappa shape index (κ2) is 5.32. The van der Waals surface area contributed by atoms with Gasteiger partial charge >= 0.3 is 5.97 Å². The summed E-state index contributed by atoms with van der Waals surface area (Å²) in [6, 6.07) is 1.60. The van der Waals surface area contributed by atoms with E-state index in [1.54, 1.807) is 0 Å². The smallest absolute Gasteiger partial charge is 0.371 e. The normalized spacial score (nSPS) is 24.3. The summed E-state index contributed by atoms with van der Waals surface area (Å²) in [5.74, 6) is -1.77. The summed E-state index contributed by atoms with van der Waals surface area (Å²) >= 11 is 0. The minimum Gasteiger partial charge on any atom is -0.475 e. The van der Waals surface area contributed by atoms with Crippen LogP contribution in [0.1, 0.15) is 36.2 Å². The molecular weight excluding hydrogens is 274 g/mol. The summed E-state index contributed by atoms with van der Waals surface area (Å²) in [6.45, 7) is 0. The van der Waals surface area contributed by atoms with Gasteiger partial charge in [-0.1, -0.05) is 12.8 Å². The van der Waals surface area contributed by atoms with E-state index in [2.05, 4.69) is 4.72 Å². The predicted molar refractivity (Wildman–Crippen MR) is 64.3 cm³/mol. The van der Waals surface area contributed by atoms with Crippen molar-refractivity contribution in [1.82, 2.24) is 4.72 Å². The highest BCUT2D eigenvalue weighted by molar-refractivity contribution is 7.89. The average Bonchev–Trinajstić information content (AvgIpc) is 2.82. The Kier molecular flexibility index (Phi) is 3.93. The Labute approximate surface area is 110 Å². The van der Waals surface area contributed by atoms with Crippen molar-refractivity contribution in [2.45, 2.75) is 42.9 Å². The van der Waals surface area contributed by atoms with E-state index >= 15 is 0 Å². The molecule has 1 aromatic heterocycles. The first-order valence-corrected chi connectivity index (χ1v) is 7.42. The number of nitrogens with one attached hydrogen (secondary N) is 1. The van der Waals surface area contributed by atoms with E-state index in [0.29, 0.717) is 12.8 Å². The van der Waals surface area contributed by atoms with Gasteiger partial charge in [0, 0.05) is 6.04 Å². The fourth-order valence-electron chi connectivity index (χ4n) is 2.09. The number of hydrogen-bond donors (Lipinski definition) is 3. The number of carboxylic acid groups (broad SMARTS) is 1. The molecule has 2 atom stereocenters. The van der Waals surface area contributed by atoms with Crippen molar-refractivity contribution in [3.63, 3.8) is 0 Å². The van der Waals surface area contributed by atoms with Gasteiger partial charge in [-0.15, -0.1) is 0 Å². The summed E-state index contributed by atoms with van der Waals surface area (Å²) in [6.07, 6.45) is 2.07. The zero-order chi connectivity index (χ0) is 14.0. The molecule has 0 bridgehead atoms. The molecule has 0 aromatic carbocycles. The highest BCUT2D eigenvalue weighted by Gasteiger charge is 2.30. The Hall–Kier alpha value is -1.38. The topological polar surface area (TPSA) is 117 Å². The molecule has 1 fully saturated rings. The number of aromatic carboxylic acids is 1. The van der Waals surface area contributed by atoms with Crippen LogP contribution < -0.4 is 4.72 Å². The molecule has 1 aliphatic carbocycles.